The Morgan fingerprint density at radius 3 is 2.61 bits per heavy atom. The number of halogens is 4. The van der Waals surface area contributed by atoms with Gasteiger partial charge in [0.1, 0.15) is 0 Å². The van der Waals surface area contributed by atoms with Crippen molar-refractivity contribution in [2.45, 2.75) is 12.7 Å². The van der Waals surface area contributed by atoms with Gasteiger partial charge in [-0.25, -0.2) is 0 Å². The van der Waals surface area contributed by atoms with Gasteiger partial charge in [-0.2, -0.15) is 18.2 Å². The number of nitrogens with two attached hydrogens (primary N) is 1. The first-order valence-electron chi connectivity index (χ1n) is 4.81. The van der Waals surface area contributed by atoms with E-state index in [9.17, 15) is 13.2 Å². The molecule has 0 aliphatic carbocycles. The Morgan fingerprint density at radius 1 is 1.33 bits per heavy atom. The van der Waals surface area contributed by atoms with Crippen LogP contribution >= 0.6 is 15.9 Å². The summed E-state index contributed by atoms with van der Waals surface area (Å²) in [5, 5.41) is 3.48. The fourth-order valence-corrected chi connectivity index (χ4v) is 1.75. The van der Waals surface area contributed by atoms with Gasteiger partial charge in [-0.05, 0) is 18.2 Å². The normalized spacial score (nSPS) is 11.8. The molecular formula is C10H7BrF3N3O. The Kier molecular flexibility index (Phi) is 3.40. The zero-order valence-corrected chi connectivity index (χ0v) is 10.4. The minimum atomic E-state index is -4.50. The van der Waals surface area contributed by atoms with E-state index in [4.69, 9.17) is 10.3 Å². The first-order chi connectivity index (χ1) is 8.41. The molecule has 0 aliphatic heterocycles. The fourth-order valence-electron chi connectivity index (χ4n) is 1.39. The van der Waals surface area contributed by atoms with E-state index >= 15 is 0 Å². The fraction of sp³-hybridized carbons (Fsp3) is 0.200. The Morgan fingerprint density at radius 2 is 2.06 bits per heavy atom. The molecule has 0 aliphatic rings. The highest BCUT2D eigenvalue weighted by Gasteiger charge is 2.35. The molecule has 2 N–H and O–H groups in total. The SMILES string of the molecule is NCc1nc(-c2ccc(Br)cc2C(F)(F)F)no1. The number of hydrogen-bond acceptors (Lipinski definition) is 4. The van der Waals surface area contributed by atoms with E-state index in [2.05, 4.69) is 26.1 Å². The van der Waals surface area contributed by atoms with Gasteiger partial charge in [-0.15, -0.1) is 0 Å². The van der Waals surface area contributed by atoms with Gasteiger partial charge in [-0.3, -0.25) is 0 Å². The van der Waals surface area contributed by atoms with Crippen molar-refractivity contribution in [2.24, 2.45) is 5.73 Å². The van der Waals surface area contributed by atoms with Crippen molar-refractivity contribution < 1.29 is 17.7 Å². The van der Waals surface area contributed by atoms with Crippen LogP contribution in [0.1, 0.15) is 11.5 Å². The lowest BCUT2D eigenvalue weighted by Gasteiger charge is -2.10. The van der Waals surface area contributed by atoms with Crippen LogP contribution in [0.5, 0.6) is 0 Å². The van der Waals surface area contributed by atoms with Crippen LogP contribution in [0.25, 0.3) is 11.4 Å². The molecule has 8 heteroatoms. The third kappa shape index (κ3) is 2.54. The first-order valence-corrected chi connectivity index (χ1v) is 5.61. The summed E-state index contributed by atoms with van der Waals surface area (Å²) in [5.41, 5.74) is 4.29. The second kappa shape index (κ2) is 4.69. The molecule has 0 saturated carbocycles. The highest BCUT2D eigenvalue weighted by atomic mass is 79.9. The van der Waals surface area contributed by atoms with E-state index in [1.165, 1.54) is 12.1 Å². The molecule has 2 aromatic rings. The van der Waals surface area contributed by atoms with Crippen molar-refractivity contribution >= 4 is 15.9 Å². The molecule has 2 rings (SSSR count). The van der Waals surface area contributed by atoms with Crippen LogP contribution in [0.4, 0.5) is 13.2 Å². The number of rotatable bonds is 2. The molecule has 0 saturated heterocycles. The lowest BCUT2D eigenvalue weighted by molar-refractivity contribution is -0.137. The second-order valence-electron chi connectivity index (χ2n) is 3.40. The van der Waals surface area contributed by atoms with Gasteiger partial charge < -0.3 is 10.3 Å². The lowest BCUT2D eigenvalue weighted by atomic mass is 10.1. The summed E-state index contributed by atoms with van der Waals surface area (Å²) in [5.74, 6) is -0.0451. The van der Waals surface area contributed by atoms with Gasteiger partial charge in [0.2, 0.25) is 11.7 Å². The van der Waals surface area contributed by atoms with Crippen LogP contribution in [0.2, 0.25) is 0 Å². The monoisotopic (exact) mass is 321 g/mol. The van der Waals surface area contributed by atoms with Crippen LogP contribution in [-0.2, 0) is 12.7 Å². The molecule has 0 spiro atoms. The third-order valence-corrected chi connectivity index (χ3v) is 2.66. The van der Waals surface area contributed by atoms with Crippen molar-refractivity contribution in [3.8, 4) is 11.4 Å². The van der Waals surface area contributed by atoms with Crippen molar-refractivity contribution in [3.05, 3.63) is 34.1 Å². The summed E-state index contributed by atoms with van der Waals surface area (Å²) in [6.07, 6.45) is -4.50. The van der Waals surface area contributed by atoms with Gasteiger partial charge >= 0.3 is 6.18 Å². The zero-order chi connectivity index (χ0) is 13.3. The van der Waals surface area contributed by atoms with Crippen LogP contribution in [0, 0.1) is 0 Å². The summed E-state index contributed by atoms with van der Waals surface area (Å²) >= 11 is 3.00. The largest absolute Gasteiger partial charge is 0.417 e. The maximum Gasteiger partial charge on any atom is 0.417 e. The second-order valence-corrected chi connectivity index (χ2v) is 4.32. The summed E-state index contributed by atoms with van der Waals surface area (Å²) in [6.45, 7) is -0.0229. The smallest absolute Gasteiger partial charge is 0.338 e. The van der Waals surface area contributed by atoms with Gasteiger partial charge in [0.15, 0.2) is 0 Å². The molecule has 18 heavy (non-hydrogen) atoms. The Balaban J connectivity index is 2.56. The molecular weight excluding hydrogens is 315 g/mol. The molecule has 0 fully saturated rings. The van der Waals surface area contributed by atoms with Crippen molar-refractivity contribution in [1.29, 1.82) is 0 Å². The van der Waals surface area contributed by atoms with Gasteiger partial charge in [0, 0.05) is 10.0 Å². The quantitative estimate of drug-likeness (QED) is 0.923. The number of hydrogen-bond donors (Lipinski definition) is 1. The molecule has 96 valence electrons. The number of benzene rings is 1. The number of aromatic nitrogens is 2. The van der Waals surface area contributed by atoms with Crippen LogP contribution in [-0.4, -0.2) is 10.1 Å². The van der Waals surface area contributed by atoms with E-state index in [1.807, 2.05) is 0 Å². The Bertz CT molecular complexity index is 568. The highest BCUT2D eigenvalue weighted by Crippen LogP contribution is 2.37. The van der Waals surface area contributed by atoms with Crippen molar-refractivity contribution in [2.75, 3.05) is 0 Å². The van der Waals surface area contributed by atoms with Crippen LogP contribution < -0.4 is 5.73 Å². The van der Waals surface area contributed by atoms with Gasteiger partial charge in [0.05, 0.1) is 12.1 Å². The topological polar surface area (TPSA) is 64.9 Å². The summed E-state index contributed by atoms with van der Waals surface area (Å²) in [7, 11) is 0. The van der Waals surface area contributed by atoms with E-state index in [-0.39, 0.29) is 23.8 Å². The Labute approximate surface area is 108 Å². The molecule has 0 amide bonds. The first kappa shape index (κ1) is 13.0. The maximum atomic E-state index is 12.9. The maximum absolute atomic E-state index is 12.9. The number of nitrogens with zero attached hydrogens (tertiary/aromatic N) is 2. The average Bonchev–Trinajstić information content (AvgIpc) is 2.76. The van der Waals surface area contributed by atoms with Gasteiger partial charge in [-0.1, -0.05) is 21.1 Å². The summed E-state index contributed by atoms with van der Waals surface area (Å²) in [6, 6.07) is 3.72. The third-order valence-electron chi connectivity index (χ3n) is 2.17. The molecule has 1 aromatic heterocycles. The van der Waals surface area contributed by atoms with E-state index < -0.39 is 11.7 Å². The molecule has 0 bridgehead atoms. The average molecular weight is 322 g/mol. The van der Waals surface area contributed by atoms with E-state index in [0.29, 0.717) is 4.47 Å². The molecule has 1 aromatic carbocycles. The zero-order valence-electron chi connectivity index (χ0n) is 8.83. The molecule has 0 atom stereocenters. The predicted octanol–water partition coefficient (Wildman–Crippen LogP) is 2.98. The highest BCUT2D eigenvalue weighted by molar-refractivity contribution is 9.10. The molecule has 0 radical (unpaired) electrons. The van der Waals surface area contributed by atoms with E-state index in [0.717, 1.165) is 6.07 Å². The van der Waals surface area contributed by atoms with Gasteiger partial charge in [0.25, 0.3) is 0 Å². The molecule has 0 unspecified atom stereocenters. The molecule has 4 nitrogen and oxygen atoms in total. The summed E-state index contributed by atoms with van der Waals surface area (Å²) in [4.78, 5) is 3.78. The van der Waals surface area contributed by atoms with Crippen molar-refractivity contribution in [1.82, 2.24) is 10.1 Å². The minimum absolute atomic E-state index is 0.0229. The van der Waals surface area contributed by atoms with Crippen LogP contribution in [0.15, 0.2) is 27.2 Å². The Hall–Kier alpha value is -1.41. The summed E-state index contributed by atoms with van der Waals surface area (Å²) < 4.78 is 43.6. The van der Waals surface area contributed by atoms with E-state index in [1.54, 1.807) is 0 Å². The molecule has 1 heterocycles. The lowest BCUT2D eigenvalue weighted by Crippen LogP contribution is -2.07. The van der Waals surface area contributed by atoms with Crippen molar-refractivity contribution in [3.63, 3.8) is 0 Å². The van der Waals surface area contributed by atoms with Crippen LogP contribution in [0.3, 0.4) is 0 Å². The minimum Gasteiger partial charge on any atom is -0.338 e. The number of alkyl halides is 3. The predicted molar refractivity (Wildman–Crippen MR) is 60.3 cm³/mol. The standard InChI is InChI=1S/C10H7BrF3N3O/c11-5-1-2-6(7(3-5)10(12,13)14)9-16-8(4-15)18-17-9/h1-3H,4,15H2.